The molecule has 8 heavy (non-hydrogen) atoms. The van der Waals surface area contributed by atoms with Crippen LogP contribution in [0.25, 0.3) is 0 Å². The molecule has 1 saturated heterocycles. The van der Waals surface area contributed by atoms with Gasteiger partial charge >= 0.3 is 0 Å². The van der Waals surface area contributed by atoms with E-state index in [-0.39, 0.29) is 12.2 Å². The summed E-state index contributed by atoms with van der Waals surface area (Å²) in [6.07, 6.45) is -0.0926. The van der Waals surface area contributed by atoms with Crippen molar-refractivity contribution in [1.29, 1.82) is 0 Å². The van der Waals surface area contributed by atoms with Gasteiger partial charge in [0.1, 0.15) is 6.10 Å². The fourth-order valence-corrected chi connectivity index (χ4v) is 0.682. The monoisotopic (exact) mass is 116 g/mol. The maximum Gasteiger partial charge on any atom is 0.107 e. The van der Waals surface area contributed by atoms with Crippen LogP contribution in [0.5, 0.6) is 0 Å². The Morgan fingerprint density at radius 3 is 2.25 bits per heavy atom. The maximum atomic E-state index is 9.14. The van der Waals surface area contributed by atoms with Crippen molar-refractivity contribution in [1.82, 2.24) is 0 Å². The van der Waals surface area contributed by atoms with Crippen LogP contribution in [0.4, 0.5) is 0 Å². The van der Waals surface area contributed by atoms with Crippen molar-refractivity contribution < 1.29 is 9.84 Å². The number of aliphatic hydroxyl groups is 1. The fraction of sp³-hybridized carbons (Fsp3) is 1.00. The van der Waals surface area contributed by atoms with Gasteiger partial charge < -0.3 is 9.84 Å². The van der Waals surface area contributed by atoms with E-state index < -0.39 is 0 Å². The summed E-state index contributed by atoms with van der Waals surface area (Å²) >= 11 is 0. The maximum absolute atomic E-state index is 9.14. The molecule has 2 atom stereocenters. The summed E-state index contributed by atoms with van der Waals surface area (Å²) in [6, 6.07) is 0. The minimum Gasteiger partial charge on any atom is -0.390 e. The van der Waals surface area contributed by atoms with Crippen LogP contribution in [0.3, 0.4) is 0 Å². The van der Waals surface area contributed by atoms with Gasteiger partial charge in [0.15, 0.2) is 0 Å². The summed E-state index contributed by atoms with van der Waals surface area (Å²) in [4.78, 5) is 0. The molecule has 1 N–H and O–H groups in total. The van der Waals surface area contributed by atoms with E-state index in [1.54, 1.807) is 0 Å². The Morgan fingerprint density at radius 1 is 1.62 bits per heavy atom. The Hall–Kier alpha value is -0.0800. The standard InChI is InChI=1S/C6H12O2/c1-4(2)6(7)5-3-8-5/h4-7H,3H2,1-2H3. The number of hydrogen-bond acceptors (Lipinski definition) is 2. The highest BCUT2D eigenvalue weighted by Gasteiger charge is 2.32. The predicted octanol–water partition coefficient (Wildman–Crippen LogP) is 0.402. The second kappa shape index (κ2) is 2.03. The summed E-state index contributed by atoms with van der Waals surface area (Å²) in [5, 5.41) is 9.14. The van der Waals surface area contributed by atoms with Crippen LogP contribution >= 0.6 is 0 Å². The lowest BCUT2D eigenvalue weighted by Crippen LogP contribution is -2.21. The molecule has 0 aromatic carbocycles. The zero-order chi connectivity index (χ0) is 6.15. The van der Waals surface area contributed by atoms with Crippen LogP contribution in [0.15, 0.2) is 0 Å². The van der Waals surface area contributed by atoms with Crippen LogP contribution in [0.1, 0.15) is 13.8 Å². The number of rotatable bonds is 2. The van der Waals surface area contributed by atoms with Crippen molar-refractivity contribution in [3.8, 4) is 0 Å². The average molecular weight is 116 g/mol. The van der Waals surface area contributed by atoms with Crippen molar-refractivity contribution in [2.45, 2.75) is 26.1 Å². The molecule has 0 radical (unpaired) electrons. The number of epoxide rings is 1. The van der Waals surface area contributed by atoms with Gasteiger partial charge in [-0.3, -0.25) is 0 Å². The van der Waals surface area contributed by atoms with E-state index in [0.29, 0.717) is 5.92 Å². The lowest BCUT2D eigenvalue weighted by atomic mass is 10.1. The first-order chi connectivity index (χ1) is 3.72. The molecule has 0 aromatic rings. The largest absolute Gasteiger partial charge is 0.390 e. The van der Waals surface area contributed by atoms with Gasteiger partial charge in [-0.2, -0.15) is 0 Å². The zero-order valence-electron chi connectivity index (χ0n) is 5.29. The summed E-state index contributed by atoms with van der Waals surface area (Å²) in [7, 11) is 0. The number of ether oxygens (including phenoxy) is 1. The average Bonchev–Trinajstić information content (AvgIpc) is 2.43. The molecule has 2 unspecified atom stereocenters. The minimum absolute atomic E-state index is 0.148. The molecule has 0 spiro atoms. The van der Waals surface area contributed by atoms with E-state index in [9.17, 15) is 0 Å². The van der Waals surface area contributed by atoms with Gasteiger partial charge in [0.25, 0.3) is 0 Å². The smallest absolute Gasteiger partial charge is 0.107 e. The second-order valence-corrected chi connectivity index (χ2v) is 2.61. The Bertz CT molecular complexity index is 74.6. The summed E-state index contributed by atoms with van der Waals surface area (Å²) in [5.41, 5.74) is 0. The first kappa shape index (κ1) is 6.05. The quantitative estimate of drug-likeness (QED) is 0.530. The second-order valence-electron chi connectivity index (χ2n) is 2.61. The first-order valence-electron chi connectivity index (χ1n) is 3.01. The normalized spacial score (nSPS) is 30.8. The SMILES string of the molecule is CC(C)C(O)C1CO1. The highest BCUT2D eigenvalue weighted by atomic mass is 16.6. The van der Waals surface area contributed by atoms with E-state index in [1.807, 2.05) is 13.8 Å². The third-order valence-electron chi connectivity index (χ3n) is 1.42. The summed E-state index contributed by atoms with van der Waals surface area (Å²) < 4.78 is 4.88. The summed E-state index contributed by atoms with van der Waals surface area (Å²) in [6.45, 7) is 4.73. The van der Waals surface area contributed by atoms with Crippen LogP contribution < -0.4 is 0 Å². The topological polar surface area (TPSA) is 32.8 Å². The Kier molecular flexibility index (Phi) is 1.54. The van der Waals surface area contributed by atoms with Crippen molar-refractivity contribution in [2.75, 3.05) is 6.61 Å². The van der Waals surface area contributed by atoms with Gasteiger partial charge in [0.05, 0.1) is 12.7 Å². The Balaban J connectivity index is 2.22. The summed E-state index contributed by atoms with van der Waals surface area (Å²) in [5.74, 6) is 0.336. The molecule has 0 aromatic heterocycles. The molecule has 1 fully saturated rings. The highest BCUT2D eigenvalue weighted by molar-refractivity contribution is 4.80. The van der Waals surface area contributed by atoms with E-state index >= 15 is 0 Å². The van der Waals surface area contributed by atoms with Gasteiger partial charge in [0, 0.05) is 0 Å². The van der Waals surface area contributed by atoms with Crippen LogP contribution in [0.2, 0.25) is 0 Å². The van der Waals surface area contributed by atoms with Gasteiger partial charge in [-0.25, -0.2) is 0 Å². The molecule has 0 amide bonds. The molecule has 1 aliphatic rings. The number of hydrogen-bond donors (Lipinski definition) is 1. The van der Waals surface area contributed by atoms with E-state index in [1.165, 1.54) is 0 Å². The van der Waals surface area contributed by atoms with Gasteiger partial charge in [0.2, 0.25) is 0 Å². The van der Waals surface area contributed by atoms with Crippen molar-refractivity contribution in [3.63, 3.8) is 0 Å². The van der Waals surface area contributed by atoms with Crippen LogP contribution in [0, 0.1) is 5.92 Å². The van der Waals surface area contributed by atoms with E-state index in [4.69, 9.17) is 9.84 Å². The fourth-order valence-electron chi connectivity index (χ4n) is 0.682. The van der Waals surface area contributed by atoms with Crippen molar-refractivity contribution in [2.24, 2.45) is 5.92 Å². The minimum atomic E-state index is -0.241. The van der Waals surface area contributed by atoms with Gasteiger partial charge in [-0.05, 0) is 5.92 Å². The molecule has 2 nitrogen and oxygen atoms in total. The molecule has 1 heterocycles. The molecular formula is C6H12O2. The zero-order valence-corrected chi connectivity index (χ0v) is 5.29. The van der Waals surface area contributed by atoms with Gasteiger partial charge in [-0.1, -0.05) is 13.8 Å². The van der Waals surface area contributed by atoms with E-state index in [2.05, 4.69) is 0 Å². The van der Waals surface area contributed by atoms with E-state index in [0.717, 1.165) is 6.61 Å². The first-order valence-corrected chi connectivity index (χ1v) is 3.01. The molecule has 0 saturated carbocycles. The Labute approximate surface area is 49.5 Å². The van der Waals surface area contributed by atoms with Crippen molar-refractivity contribution in [3.05, 3.63) is 0 Å². The van der Waals surface area contributed by atoms with Crippen LogP contribution in [-0.4, -0.2) is 23.9 Å². The molecule has 0 aliphatic carbocycles. The van der Waals surface area contributed by atoms with Gasteiger partial charge in [-0.15, -0.1) is 0 Å². The lowest BCUT2D eigenvalue weighted by Gasteiger charge is -2.09. The third-order valence-corrected chi connectivity index (χ3v) is 1.42. The third kappa shape index (κ3) is 1.20. The molecule has 1 aliphatic heterocycles. The van der Waals surface area contributed by atoms with Crippen molar-refractivity contribution >= 4 is 0 Å². The Morgan fingerprint density at radius 2 is 2.12 bits per heavy atom. The predicted molar refractivity (Wildman–Crippen MR) is 30.6 cm³/mol. The van der Waals surface area contributed by atoms with Crippen LogP contribution in [-0.2, 0) is 4.74 Å². The molecule has 2 heteroatoms. The lowest BCUT2D eigenvalue weighted by molar-refractivity contribution is 0.0922. The number of aliphatic hydroxyl groups excluding tert-OH is 1. The molecule has 1 rings (SSSR count). The molecule has 48 valence electrons. The highest BCUT2D eigenvalue weighted by Crippen LogP contribution is 2.19. The molecule has 0 bridgehead atoms. The molecular weight excluding hydrogens is 104 g/mol.